The molecule has 1 heterocycles. The van der Waals surface area contributed by atoms with Crippen molar-refractivity contribution in [3.63, 3.8) is 0 Å². The largest absolute Gasteiger partial charge is 0.465 e. The summed E-state index contributed by atoms with van der Waals surface area (Å²) in [5.41, 5.74) is -0.145. The van der Waals surface area contributed by atoms with E-state index in [1.54, 1.807) is 0 Å². The number of methoxy groups -OCH3 is 1. The molecule has 0 fully saturated rings. The molecule has 0 spiro atoms. The number of hydrogen-bond donors (Lipinski definition) is 1. The summed E-state index contributed by atoms with van der Waals surface area (Å²) in [4.78, 5) is 27.6. The van der Waals surface area contributed by atoms with Gasteiger partial charge in [0.15, 0.2) is 0 Å². The van der Waals surface area contributed by atoms with E-state index in [0.29, 0.717) is 6.42 Å². The van der Waals surface area contributed by atoms with Gasteiger partial charge in [0.1, 0.15) is 9.77 Å². The van der Waals surface area contributed by atoms with E-state index in [0.717, 1.165) is 23.5 Å². The molecule has 7 nitrogen and oxygen atoms in total. The van der Waals surface area contributed by atoms with Crippen LogP contribution in [0.25, 0.3) is 0 Å². The number of ether oxygens (including phenoxy) is 1. The first kappa shape index (κ1) is 17.1. The van der Waals surface area contributed by atoms with Crippen molar-refractivity contribution >= 4 is 33.2 Å². The molecule has 122 valence electrons. The highest BCUT2D eigenvalue weighted by Gasteiger charge is 2.25. The Hall–Kier alpha value is -2.26. The third-order valence-corrected chi connectivity index (χ3v) is 5.42. The van der Waals surface area contributed by atoms with E-state index >= 15 is 0 Å². The van der Waals surface area contributed by atoms with E-state index in [1.165, 1.54) is 30.5 Å². The average molecular weight is 354 g/mol. The second-order valence-electron chi connectivity index (χ2n) is 4.39. The van der Waals surface area contributed by atoms with E-state index < -0.39 is 21.9 Å². The lowest BCUT2D eigenvalue weighted by Gasteiger charge is -2.09. The van der Waals surface area contributed by atoms with Gasteiger partial charge in [-0.15, -0.1) is 11.3 Å². The van der Waals surface area contributed by atoms with Gasteiger partial charge in [0.25, 0.3) is 15.9 Å². The predicted octanol–water partition coefficient (Wildman–Crippen LogP) is 1.61. The van der Waals surface area contributed by atoms with Crippen LogP contribution in [0.2, 0.25) is 0 Å². The molecule has 0 unspecified atom stereocenters. The molecule has 23 heavy (non-hydrogen) atoms. The van der Waals surface area contributed by atoms with Crippen molar-refractivity contribution in [1.82, 2.24) is 9.71 Å². The van der Waals surface area contributed by atoms with Gasteiger partial charge < -0.3 is 4.74 Å². The minimum atomic E-state index is -4.21. The molecule has 0 saturated carbocycles. The molecule has 1 aromatic heterocycles. The Morgan fingerprint density at radius 1 is 1.30 bits per heavy atom. The molecular formula is C14H14N2O5S2. The Balaban J connectivity index is 2.32. The van der Waals surface area contributed by atoms with Crippen LogP contribution >= 0.6 is 11.3 Å². The van der Waals surface area contributed by atoms with Crippen LogP contribution in [0, 0.1) is 0 Å². The molecule has 2 aromatic rings. The number of amides is 1. The van der Waals surface area contributed by atoms with Crippen LogP contribution in [-0.2, 0) is 21.2 Å². The maximum absolute atomic E-state index is 12.4. The number of esters is 1. The van der Waals surface area contributed by atoms with Crippen LogP contribution < -0.4 is 4.72 Å². The summed E-state index contributed by atoms with van der Waals surface area (Å²) in [6, 6.07) is 5.50. The Morgan fingerprint density at radius 3 is 2.61 bits per heavy atom. The van der Waals surface area contributed by atoms with E-state index in [9.17, 15) is 18.0 Å². The zero-order valence-electron chi connectivity index (χ0n) is 12.4. The first-order valence-corrected chi connectivity index (χ1v) is 8.88. The molecule has 0 aliphatic heterocycles. The van der Waals surface area contributed by atoms with E-state index in [4.69, 9.17) is 0 Å². The number of thiazole rings is 1. The lowest BCUT2D eigenvalue weighted by molar-refractivity contribution is 0.0596. The van der Waals surface area contributed by atoms with Crippen LogP contribution in [0.4, 0.5) is 0 Å². The Labute approximate surface area is 137 Å². The summed E-state index contributed by atoms with van der Waals surface area (Å²) < 4.78 is 31.3. The zero-order chi connectivity index (χ0) is 17.0. The van der Waals surface area contributed by atoms with Crippen molar-refractivity contribution < 1.29 is 22.7 Å². The number of rotatable bonds is 5. The van der Waals surface area contributed by atoms with Crippen LogP contribution in [-0.4, -0.2) is 32.4 Å². The zero-order valence-corrected chi connectivity index (χ0v) is 14.0. The SMILES string of the molecule is CCc1ncc(C(=O)NS(=O)(=O)c2ccccc2C(=O)OC)s1. The fourth-order valence-electron chi connectivity index (χ4n) is 1.79. The van der Waals surface area contributed by atoms with Crippen molar-refractivity contribution in [1.29, 1.82) is 0 Å². The van der Waals surface area contributed by atoms with Gasteiger partial charge in [0.2, 0.25) is 0 Å². The average Bonchev–Trinajstić information content (AvgIpc) is 3.03. The number of nitrogens with one attached hydrogen (secondary N) is 1. The van der Waals surface area contributed by atoms with Crippen molar-refractivity contribution in [3.05, 3.63) is 45.9 Å². The van der Waals surface area contributed by atoms with Crippen molar-refractivity contribution in [2.45, 2.75) is 18.2 Å². The number of aryl methyl sites for hydroxylation is 1. The molecule has 2 rings (SSSR count). The number of aromatic nitrogens is 1. The summed E-state index contributed by atoms with van der Waals surface area (Å²) in [5.74, 6) is -1.59. The van der Waals surface area contributed by atoms with Gasteiger partial charge in [-0.25, -0.2) is 22.9 Å². The molecule has 0 atom stereocenters. The number of carbonyl (C=O) groups is 2. The maximum atomic E-state index is 12.4. The molecule has 1 amide bonds. The van der Waals surface area contributed by atoms with Crippen LogP contribution in [0.1, 0.15) is 32.0 Å². The van der Waals surface area contributed by atoms with Crippen molar-refractivity contribution in [3.8, 4) is 0 Å². The Bertz CT molecular complexity index is 842. The number of hydrogen-bond acceptors (Lipinski definition) is 7. The predicted molar refractivity (Wildman–Crippen MR) is 83.9 cm³/mol. The topological polar surface area (TPSA) is 102 Å². The molecule has 0 radical (unpaired) electrons. The summed E-state index contributed by atoms with van der Waals surface area (Å²) in [5, 5.41) is 0.725. The maximum Gasteiger partial charge on any atom is 0.339 e. The van der Waals surface area contributed by atoms with Crippen LogP contribution in [0.3, 0.4) is 0 Å². The number of nitrogens with zero attached hydrogens (tertiary/aromatic N) is 1. The van der Waals surface area contributed by atoms with Gasteiger partial charge in [-0.05, 0) is 18.6 Å². The summed E-state index contributed by atoms with van der Waals surface area (Å²) in [6.45, 7) is 1.88. The fraction of sp³-hybridized carbons (Fsp3) is 0.214. The third kappa shape index (κ3) is 3.74. The quantitative estimate of drug-likeness (QED) is 0.819. The fourth-order valence-corrected chi connectivity index (χ4v) is 3.77. The summed E-state index contributed by atoms with van der Waals surface area (Å²) >= 11 is 1.11. The van der Waals surface area contributed by atoms with Gasteiger partial charge in [0.05, 0.1) is 23.9 Å². The number of carbonyl (C=O) groups excluding carboxylic acids is 2. The molecule has 0 saturated heterocycles. The van der Waals surface area contributed by atoms with E-state index in [1.807, 2.05) is 11.6 Å². The first-order valence-electron chi connectivity index (χ1n) is 6.58. The van der Waals surface area contributed by atoms with Crippen molar-refractivity contribution in [2.24, 2.45) is 0 Å². The second-order valence-corrected chi connectivity index (χ2v) is 7.16. The Morgan fingerprint density at radius 2 is 2.00 bits per heavy atom. The van der Waals surface area contributed by atoms with Gasteiger partial charge in [0, 0.05) is 0 Å². The minimum absolute atomic E-state index is 0.145. The molecule has 1 N–H and O–H groups in total. The molecule has 1 aromatic carbocycles. The van der Waals surface area contributed by atoms with Gasteiger partial charge in [-0.3, -0.25) is 4.79 Å². The highest BCUT2D eigenvalue weighted by atomic mass is 32.2. The molecular weight excluding hydrogens is 340 g/mol. The highest BCUT2D eigenvalue weighted by Crippen LogP contribution is 2.18. The van der Waals surface area contributed by atoms with E-state index in [-0.39, 0.29) is 15.3 Å². The Kier molecular flexibility index (Phi) is 5.12. The number of benzene rings is 1. The lowest BCUT2D eigenvalue weighted by Crippen LogP contribution is -2.31. The first-order chi connectivity index (χ1) is 10.9. The lowest BCUT2D eigenvalue weighted by atomic mass is 10.2. The standard InChI is InChI=1S/C14H14N2O5S2/c1-3-12-15-8-10(22-12)13(17)16-23(19,20)11-7-5-4-6-9(11)14(18)21-2/h4-8H,3H2,1-2H3,(H,16,17). The minimum Gasteiger partial charge on any atom is -0.465 e. The summed E-state index contributed by atoms with van der Waals surface area (Å²) in [6.07, 6.45) is 1.97. The van der Waals surface area contributed by atoms with Gasteiger partial charge in [-0.1, -0.05) is 19.1 Å². The third-order valence-electron chi connectivity index (χ3n) is 2.89. The molecule has 0 aliphatic carbocycles. The summed E-state index contributed by atoms with van der Waals surface area (Å²) in [7, 11) is -3.07. The monoisotopic (exact) mass is 354 g/mol. The molecule has 0 aliphatic rings. The number of sulfonamides is 1. The van der Waals surface area contributed by atoms with Crippen molar-refractivity contribution in [2.75, 3.05) is 7.11 Å². The second kappa shape index (κ2) is 6.88. The van der Waals surface area contributed by atoms with Crippen LogP contribution in [0.5, 0.6) is 0 Å². The van der Waals surface area contributed by atoms with Gasteiger partial charge in [-0.2, -0.15) is 0 Å². The molecule has 9 heteroatoms. The molecule has 0 bridgehead atoms. The van der Waals surface area contributed by atoms with Gasteiger partial charge >= 0.3 is 5.97 Å². The van der Waals surface area contributed by atoms with Crippen LogP contribution in [0.15, 0.2) is 35.4 Å². The highest BCUT2D eigenvalue weighted by molar-refractivity contribution is 7.90. The normalized spacial score (nSPS) is 11.0. The smallest absolute Gasteiger partial charge is 0.339 e. The van der Waals surface area contributed by atoms with E-state index in [2.05, 4.69) is 9.72 Å².